The Morgan fingerprint density at radius 2 is 2.11 bits per heavy atom. The van der Waals surface area contributed by atoms with Crippen molar-refractivity contribution in [2.24, 2.45) is 0 Å². The van der Waals surface area contributed by atoms with Crippen molar-refractivity contribution in [3.05, 3.63) is 51.5 Å². The van der Waals surface area contributed by atoms with E-state index in [1.54, 1.807) is 11.3 Å². The van der Waals surface area contributed by atoms with Crippen molar-refractivity contribution in [1.29, 1.82) is 0 Å². The number of hydrogen-bond donors (Lipinski definition) is 1. The Balaban J connectivity index is 1.77. The van der Waals surface area contributed by atoms with E-state index >= 15 is 0 Å². The van der Waals surface area contributed by atoms with E-state index < -0.39 is 0 Å². The van der Waals surface area contributed by atoms with E-state index in [0.717, 1.165) is 22.6 Å². The summed E-state index contributed by atoms with van der Waals surface area (Å²) in [5, 5.41) is 4.03. The lowest BCUT2D eigenvalue weighted by molar-refractivity contribution is -0.120. The number of thiazole rings is 1. The molecular formula is C15H18N2OS. The van der Waals surface area contributed by atoms with Gasteiger partial charge in [0.2, 0.25) is 5.91 Å². The monoisotopic (exact) mass is 274 g/mol. The van der Waals surface area contributed by atoms with Gasteiger partial charge in [0.1, 0.15) is 0 Å². The largest absolute Gasteiger partial charge is 0.355 e. The van der Waals surface area contributed by atoms with Gasteiger partial charge in [-0.15, -0.1) is 11.3 Å². The Labute approximate surface area is 117 Å². The average Bonchev–Trinajstić information content (AvgIpc) is 2.78. The van der Waals surface area contributed by atoms with Gasteiger partial charge in [0.15, 0.2) is 0 Å². The molecule has 0 aliphatic heterocycles. The van der Waals surface area contributed by atoms with Crippen LogP contribution in [-0.4, -0.2) is 17.4 Å². The highest BCUT2D eigenvalue weighted by Gasteiger charge is 2.05. The Bertz CT molecular complexity index is 563. The van der Waals surface area contributed by atoms with Crippen LogP contribution in [0.15, 0.2) is 30.5 Å². The minimum atomic E-state index is 0.0792. The maximum absolute atomic E-state index is 11.8. The Kier molecular flexibility index (Phi) is 4.68. The predicted molar refractivity (Wildman–Crippen MR) is 78.4 cm³/mol. The molecule has 3 nitrogen and oxygen atoms in total. The van der Waals surface area contributed by atoms with Crippen LogP contribution in [0.2, 0.25) is 0 Å². The summed E-state index contributed by atoms with van der Waals surface area (Å²) in [6.07, 6.45) is 3.19. The molecule has 0 spiro atoms. The van der Waals surface area contributed by atoms with Crippen molar-refractivity contribution in [3.63, 3.8) is 0 Å². The van der Waals surface area contributed by atoms with Crippen molar-refractivity contribution in [3.8, 4) is 0 Å². The lowest BCUT2D eigenvalue weighted by atomic mass is 10.1. The summed E-state index contributed by atoms with van der Waals surface area (Å²) in [5.74, 6) is 0.0792. The second-order valence-corrected chi connectivity index (χ2v) is 5.87. The first-order valence-corrected chi connectivity index (χ1v) is 7.19. The fourth-order valence-electron chi connectivity index (χ4n) is 1.89. The van der Waals surface area contributed by atoms with E-state index in [9.17, 15) is 4.79 Å². The van der Waals surface area contributed by atoms with Crippen molar-refractivity contribution < 1.29 is 4.79 Å². The SMILES string of the molecule is Cc1ncc(CCNC(=O)Cc2ccccc2C)s1. The van der Waals surface area contributed by atoms with Crippen LogP contribution in [0.3, 0.4) is 0 Å². The van der Waals surface area contributed by atoms with Gasteiger partial charge in [0, 0.05) is 24.0 Å². The van der Waals surface area contributed by atoms with E-state index in [-0.39, 0.29) is 5.91 Å². The van der Waals surface area contributed by atoms with Gasteiger partial charge < -0.3 is 5.32 Å². The van der Waals surface area contributed by atoms with E-state index in [1.807, 2.05) is 44.3 Å². The normalized spacial score (nSPS) is 10.4. The smallest absolute Gasteiger partial charge is 0.224 e. The first-order valence-electron chi connectivity index (χ1n) is 6.37. The molecule has 0 atom stereocenters. The quantitative estimate of drug-likeness (QED) is 0.910. The fourth-order valence-corrected chi connectivity index (χ4v) is 2.68. The second-order valence-electron chi connectivity index (χ2n) is 4.55. The molecule has 100 valence electrons. The zero-order valence-electron chi connectivity index (χ0n) is 11.3. The number of hydrogen-bond acceptors (Lipinski definition) is 3. The second kappa shape index (κ2) is 6.48. The maximum Gasteiger partial charge on any atom is 0.224 e. The van der Waals surface area contributed by atoms with Gasteiger partial charge >= 0.3 is 0 Å². The highest BCUT2D eigenvalue weighted by atomic mass is 32.1. The summed E-state index contributed by atoms with van der Waals surface area (Å²) >= 11 is 1.68. The summed E-state index contributed by atoms with van der Waals surface area (Å²) in [7, 11) is 0. The Hall–Kier alpha value is -1.68. The Morgan fingerprint density at radius 3 is 2.79 bits per heavy atom. The van der Waals surface area contributed by atoms with Gasteiger partial charge in [0.05, 0.1) is 11.4 Å². The number of nitrogens with zero attached hydrogens (tertiary/aromatic N) is 1. The highest BCUT2D eigenvalue weighted by molar-refractivity contribution is 7.11. The first-order chi connectivity index (χ1) is 9.15. The number of rotatable bonds is 5. The standard InChI is InChI=1S/C15H18N2OS/c1-11-5-3-4-6-13(11)9-15(18)16-8-7-14-10-17-12(2)19-14/h3-6,10H,7-9H2,1-2H3,(H,16,18). The third kappa shape index (κ3) is 4.17. The molecule has 0 aliphatic carbocycles. The minimum absolute atomic E-state index is 0.0792. The predicted octanol–water partition coefficient (Wildman–Crippen LogP) is 2.66. The number of carbonyl (C=O) groups excluding carboxylic acids is 1. The number of benzene rings is 1. The van der Waals surface area contributed by atoms with Crippen molar-refractivity contribution in [2.45, 2.75) is 26.7 Å². The third-order valence-corrected chi connectivity index (χ3v) is 3.95. The first kappa shape index (κ1) is 13.7. The van der Waals surface area contributed by atoms with Crippen LogP contribution in [0.1, 0.15) is 21.0 Å². The molecule has 0 saturated carbocycles. The molecule has 0 fully saturated rings. The maximum atomic E-state index is 11.8. The Morgan fingerprint density at radius 1 is 1.32 bits per heavy atom. The molecule has 0 radical (unpaired) electrons. The highest BCUT2D eigenvalue weighted by Crippen LogP contribution is 2.11. The van der Waals surface area contributed by atoms with Gasteiger partial charge in [-0.3, -0.25) is 4.79 Å². The topological polar surface area (TPSA) is 42.0 Å². The third-order valence-electron chi connectivity index (χ3n) is 2.97. The zero-order chi connectivity index (χ0) is 13.7. The molecule has 1 aromatic heterocycles. The zero-order valence-corrected chi connectivity index (χ0v) is 12.1. The van der Waals surface area contributed by atoms with E-state index in [0.29, 0.717) is 13.0 Å². The van der Waals surface area contributed by atoms with E-state index in [2.05, 4.69) is 10.3 Å². The number of nitrogens with one attached hydrogen (secondary N) is 1. The van der Waals surface area contributed by atoms with Crippen molar-refractivity contribution in [1.82, 2.24) is 10.3 Å². The lowest BCUT2D eigenvalue weighted by Crippen LogP contribution is -2.27. The van der Waals surface area contributed by atoms with Crippen molar-refractivity contribution >= 4 is 17.2 Å². The van der Waals surface area contributed by atoms with Gasteiger partial charge in [-0.1, -0.05) is 24.3 Å². The molecule has 2 aromatic rings. The van der Waals surface area contributed by atoms with E-state index in [4.69, 9.17) is 0 Å². The molecule has 19 heavy (non-hydrogen) atoms. The molecule has 4 heteroatoms. The van der Waals surface area contributed by atoms with Crippen LogP contribution in [0.25, 0.3) is 0 Å². The molecule has 1 amide bonds. The molecule has 1 N–H and O–H groups in total. The van der Waals surface area contributed by atoms with Gasteiger partial charge in [-0.2, -0.15) is 0 Å². The van der Waals surface area contributed by atoms with Gasteiger partial charge in [-0.05, 0) is 25.0 Å². The van der Waals surface area contributed by atoms with Crippen LogP contribution in [-0.2, 0) is 17.6 Å². The number of carbonyl (C=O) groups is 1. The van der Waals surface area contributed by atoms with E-state index in [1.165, 1.54) is 4.88 Å². The number of aryl methyl sites for hydroxylation is 2. The van der Waals surface area contributed by atoms with Crippen LogP contribution in [0.5, 0.6) is 0 Å². The molecule has 0 aliphatic rings. The van der Waals surface area contributed by atoms with Crippen LogP contribution >= 0.6 is 11.3 Å². The molecule has 0 unspecified atom stereocenters. The molecule has 0 saturated heterocycles. The molecule has 0 bridgehead atoms. The number of amides is 1. The molecule has 2 rings (SSSR count). The van der Waals surface area contributed by atoms with Gasteiger partial charge in [0.25, 0.3) is 0 Å². The fraction of sp³-hybridized carbons (Fsp3) is 0.333. The average molecular weight is 274 g/mol. The van der Waals surface area contributed by atoms with Crippen molar-refractivity contribution in [2.75, 3.05) is 6.54 Å². The molecule has 1 heterocycles. The van der Waals surface area contributed by atoms with Gasteiger partial charge in [-0.25, -0.2) is 4.98 Å². The summed E-state index contributed by atoms with van der Waals surface area (Å²) in [5.41, 5.74) is 2.25. The summed E-state index contributed by atoms with van der Waals surface area (Å²) in [6, 6.07) is 7.99. The summed E-state index contributed by atoms with van der Waals surface area (Å²) in [4.78, 5) is 17.3. The summed E-state index contributed by atoms with van der Waals surface area (Å²) < 4.78 is 0. The van der Waals surface area contributed by atoms with Crippen LogP contribution in [0, 0.1) is 13.8 Å². The minimum Gasteiger partial charge on any atom is -0.355 e. The molecular weight excluding hydrogens is 256 g/mol. The van der Waals surface area contributed by atoms with Crippen LogP contribution < -0.4 is 5.32 Å². The summed E-state index contributed by atoms with van der Waals surface area (Å²) in [6.45, 7) is 4.69. The van der Waals surface area contributed by atoms with Crippen LogP contribution in [0.4, 0.5) is 0 Å². The lowest BCUT2D eigenvalue weighted by Gasteiger charge is -2.06. The molecule has 1 aromatic carbocycles. The number of aromatic nitrogens is 1.